The Kier molecular flexibility index (Phi) is 5.49. The van der Waals surface area contributed by atoms with Gasteiger partial charge in [-0.15, -0.1) is 0 Å². The Morgan fingerprint density at radius 2 is 1.96 bits per heavy atom. The van der Waals surface area contributed by atoms with Crippen LogP contribution in [0.2, 0.25) is 0 Å². The number of halogens is 1. The summed E-state index contributed by atoms with van der Waals surface area (Å²) in [6.45, 7) is 0.933. The van der Waals surface area contributed by atoms with Gasteiger partial charge in [0.2, 0.25) is 5.95 Å². The second kappa shape index (κ2) is 7.98. The molecule has 0 radical (unpaired) electrons. The number of tetrazole rings is 1. The Bertz CT molecular complexity index is 838. The summed E-state index contributed by atoms with van der Waals surface area (Å²) < 4.78 is 14.0. The highest BCUT2D eigenvalue weighted by atomic mass is 79.9. The fourth-order valence-electron chi connectivity index (χ4n) is 2.34. The molecule has 0 amide bonds. The van der Waals surface area contributed by atoms with E-state index < -0.39 is 0 Å². The zero-order valence-corrected chi connectivity index (χ0v) is 15.5. The maximum absolute atomic E-state index is 6.07. The van der Waals surface area contributed by atoms with Gasteiger partial charge in [0.15, 0.2) is 11.5 Å². The molecule has 7 nitrogen and oxygen atoms in total. The highest BCUT2D eigenvalue weighted by Gasteiger charge is 2.16. The van der Waals surface area contributed by atoms with E-state index in [1.165, 1.54) is 0 Å². The number of aromatic nitrogens is 4. The number of benzene rings is 2. The molecule has 0 fully saturated rings. The van der Waals surface area contributed by atoms with Crippen LogP contribution in [0.4, 0.5) is 5.95 Å². The maximum atomic E-state index is 6.07. The first-order valence-corrected chi connectivity index (χ1v) is 8.46. The number of nitrogens with zero attached hydrogens (tertiary/aromatic N) is 4. The lowest BCUT2D eigenvalue weighted by Gasteiger charge is -2.17. The second-order valence-corrected chi connectivity index (χ2v) is 6.17. The minimum atomic E-state index is 0.451. The van der Waals surface area contributed by atoms with Gasteiger partial charge < -0.3 is 14.8 Å². The van der Waals surface area contributed by atoms with Gasteiger partial charge in [-0.3, -0.25) is 0 Å². The van der Waals surface area contributed by atoms with Crippen LogP contribution >= 0.6 is 15.9 Å². The van der Waals surface area contributed by atoms with Crippen LogP contribution < -0.4 is 14.8 Å². The lowest BCUT2D eigenvalue weighted by Crippen LogP contribution is -2.09. The summed E-state index contributed by atoms with van der Waals surface area (Å²) in [5, 5.41) is 14.6. The molecule has 0 aliphatic heterocycles. The summed E-state index contributed by atoms with van der Waals surface area (Å²) in [5.41, 5.74) is 2.01. The monoisotopic (exact) mass is 403 g/mol. The molecule has 0 saturated carbocycles. The van der Waals surface area contributed by atoms with Crippen LogP contribution in [0.15, 0.2) is 46.9 Å². The number of hydrogen-bond acceptors (Lipinski definition) is 6. The fraction of sp³-hybridized carbons (Fsp3) is 0.235. The molecule has 0 bridgehead atoms. The van der Waals surface area contributed by atoms with E-state index in [9.17, 15) is 0 Å². The number of nitrogens with one attached hydrogen (secondary N) is 1. The zero-order chi connectivity index (χ0) is 17.6. The summed E-state index contributed by atoms with van der Waals surface area (Å²) in [5.74, 6) is 1.93. The number of methoxy groups -OCH3 is 1. The smallest absolute Gasteiger partial charge is 0.242 e. The van der Waals surface area contributed by atoms with Crippen molar-refractivity contribution < 1.29 is 9.47 Å². The van der Waals surface area contributed by atoms with Gasteiger partial charge in [-0.05, 0) is 28.1 Å². The molecule has 0 unspecified atom stereocenters. The van der Waals surface area contributed by atoms with E-state index in [2.05, 4.69) is 36.8 Å². The predicted octanol–water partition coefficient (Wildman–Crippen LogP) is 3.17. The third-order valence-corrected chi connectivity index (χ3v) is 4.40. The largest absolute Gasteiger partial charge is 0.493 e. The van der Waals surface area contributed by atoms with Crippen LogP contribution in [0.1, 0.15) is 11.1 Å². The molecular weight excluding hydrogens is 386 g/mol. The molecule has 25 heavy (non-hydrogen) atoms. The van der Waals surface area contributed by atoms with Gasteiger partial charge in [0.05, 0.1) is 7.11 Å². The lowest BCUT2D eigenvalue weighted by molar-refractivity contribution is 0.281. The molecule has 2 aromatic carbocycles. The van der Waals surface area contributed by atoms with Crippen LogP contribution in [-0.2, 0) is 20.2 Å². The van der Waals surface area contributed by atoms with E-state index in [1.54, 1.807) is 18.8 Å². The van der Waals surface area contributed by atoms with Crippen molar-refractivity contribution in [1.82, 2.24) is 20.2 Å². The van der Waals surface area contributed by atoms with Crippen molar-refractivity contribution in [2.24, 2.45) is 7.05 Å². The van der Waals surface area contributed by atoms with Gasteiger partial charge >= 0.3 is 0 Å². The number of ether oxygens (including phenoxy) is 2. The minimum absolute atomic E-state index is 0.451. The highest BCUT2D eigenvalue weighted by Crippen LogP contribution is 2.37. The molecule has 0 aliphatic rings. The van der Waals surface area contributed by atoms with E-state index in [1.807, 2.05) is 42.5 Å². The van der Waals surface area contributed by atoms with Crippen molar-refractivity contribution >= 4 is 21.9 Å². The molecule has 0 saturated heterocycles. The highest BCUT2D eigenvalue weighted by molar-refractivity contribution is 9.10. The van der Waals surface area contributed by atoms with Crippen LogP contribution in [0.25, 0.3) is 0 Å². The van der Waals surface area contributed by atoms with Gasteiger partial charge in [-0.2, -0.15) is 0 Å². The minimum Gasteiger partial charge on any atom is -0.493 e. The van der Waals surface area contributed by atoms with E-state index in [0.717, 1.165) is 15.6 Å². The number of anilines is 1. The van der Waals surface area contributed by atoms with Crippen LogP contribution in [-0.4, -0.2) is 27.3 Å². The summed E-state index contributed by atoms with van der Waals surface area (Å²) in [6.07, 6.45) is 0. The van der Waals surface area contributed by atoms with Gasteiger partial charge in [-0.25, -0.2) is 4.68 Å². The topological polar surface area (TPSA) is 74.1 Å². The third kappa shape index (κ3) is 4.08. The van der Waals surface area contributed by atoms with E-state index >= 15 is 0 Å². The zero-order valence-electron chi connectivity index (χ0n) is 13.9. The number of hydrogen-bond donors (Lipinski definition) is 1. The van der Waals surface area contributed by atoms with Crippen LogP contribution in [0.3, 0.4) is 0 Å². The van der Waals surface area contributed by atoms with Crippen LogP contribution in [0.5, 0.6) is 11.5 Å². The van der Waals surface area contributed by atoms with Crippen LogP contribution in [0, 0.1) is 0 Å². The second-order valence-electron chi connectivity index (χ2n) is 5.31. The fourth-order valence-corrected chi connectivity index (χ4v) is 2.79. The molecule has 1 heterocycles. The van der Waals surface area contributed by atoms with Crippen molar-refractivity contribution in [2.45, 2.75) is 13.2 Å². The molecule has 0 spiro atoms. The SMILES string of the molecule is COc1ccc(Br)c(CNc2nnnn2C)c1OCc1ccccc1. The first kappa shape index (κ1) is 17.2. The van der Waals surface area contributed by atoms with Crippen molar-refractivity contribution in [2.75, 3.05) is 12.4 Å². The van der Waals surface area contributed by atoms with Gasteiger partial charge in [0.25, 0.3) is 0 Å². The molecule has 3 aromatic rings. The number of rotatable bonds is 7. The van der Waals surface area contributed by atoms with Crippen molar-refractivity contribution in [1.29, 1.82) is 0 Å². The van der Waals surface area contributed by atoms with E-state index in [4.69, 9.17) is 9.47 Å². The summed E-state index contributed by atoms with van der Waals surface area (Å²) in [7, 11) is 3.40. The lowest BCUT2D eigenvalue weighted by atomic mass is 10.1. The van der Waals surface area contributed by atoms with E-state index in [-0.39, 0.29) is 0 Å². The molecule has 0 atom stereocenters. The van der Waals surface area contributed by atoms with Crippen molar-refractivity contribution in [3.63, 3.8) is 0 Å². The first-order chi connectivity index (χ1) is 12.2. The summed E-state index contributed by atoms with van der Waals surface area (Å²) in [6, 6.07) is 13.8. The Labute approximate surface area is 154 Å². The Morgan fingerprint density at radius 3 is 2.64 bits per heavy atom. The Hall–Kier alpha value is -2.61. The van der Waals surface area contributed by atoms with Gasteiger partial charge in [0, 0.05) is 23.6 Å². The summed E-state index contributed by atoms with van der Waals surface area (Å²) in [4.78, 5) is 0. The molecule has 3 rings (SSSR count). The van der Waals surface area contributed by atoms with Crippen molar-refractivity contribution in [3.8, 4) is 11.5 Å². The molecule has 1 aromatic heterocycles. The molecular formula is C17H18BrN5O2. The standard InChI is InChI=1S/C17H18BrN5O2/c1-23-17(20-21-22-23)19-10-13-14(18)8-9-15(24-2)16(13)25-11-12-6-4-3-5-7-12/h3-9H,10-11H2,1-2H3,(H,19,20,22). The molecule has 1 N–H and O–H groups in total. The Balaban J connectivity index is 1.83. The Morgan fingerprint density at radius 1 is 1.16 bits per heavy atom. The normalized spacial score (nSPS) is 10.5. The average molecular weight is 404 g/mol. The number of aryl methyl sites for hydroxylation is 1. The van der Waals surface area contributed by atoms with Gasteiger partial charge in [0.1, 0.15) is 6.61 Å². The molecule has 130 valence electrons. The van der Waals surface area contributed by atoms with Gasteiger partial charge in [-0.1, -0.05) is 51.4 Å². The predicted molar refractivity (Wildman–Crippen MR) is 97.6 cm³/mol. The quantitative estimate of drug-likeness (QED) is 0.652. The average Bonchev–Trinajstić information content (AvgIpc) is 3.05. The molecule has 8 heteroatoms. The maximum Gasteiger partial charge on any atom is 0.242 e. The summed E-state index contributed by atoms with van der Waals surface area (Å²) >= 11 is 3.59. The third-order valence-electron chi connectivity index (χ3n) is 3.66. The van der Waals surface area contributed by atoms with Crippen molar-refractivity contribution in [3.05, 3.63) is 58.1 Å². The molecule has 0 aliphatic carbocycles. The van der Waals surface area contributed by atoms with E-state index in [0.29, 0.717) is 30.6 Å². The first-order valence-electron chi connectivity index (χ1n) is 7.67.